The standard InChI is InChI=1S/C16H17N3O2S/c1-9-17-15(21-19-9)13-11-7-4-8-12(11)22-16(13)18-14(20)10-5-2-3-6-10/h5H,2-4,6-8H2,1H3,(H,18,20). The molecule has 2 aromatic heterocycles. The molecule has 2 aliphatic carbocycles. The van der Waals surface area contributed by atoms with Crippen LogP contribution < -0.4 is 5.32 Å². The Bertz CT molecular complexity index is 772. The van der Waals surface area contributed by atoms with Crippen LogP contribution in [0.3, 0.4) is 0 Å². The lowest BCUT2D eigenvalue weighted by atomic mass is 10.1. The number of hydrogen-bond donors (Lipinski definition) is 1. The maximum atomic E-state index is 12.4. The van der Waals surface area contributed by atoms with Crippen molar-refractivity contribution in [3.05, 3.63) is 27.9 Å². The predicted molar refractivity (Wildman–Crippen MR) is 84.9 cm³/mol. The van der Waals surface area contributed by atoms with Crippen molar-refractivity contribution in [3.8, 4) is 11.5 Å². The number of rotatable bonds is 3. The zero-order valence-electron chi connectivity index (χ0n) is 12.4. The average molecular weight is 315 g/mol. The third kappa shape index (κ3) is 2.27. The van der Waals surface area contributed by atoms with E-state index in [0.29, 0.717) is 11.7 Å². The SMILES string of the molecule is Cc1noc(-c2c(NC(=O)C3=CCCC3)sc3c2CCC3)n1. The van der Waals surface area contributed by atoms with Gasteiger partial charge in [0.2, 0.25) is 0 Å². The number of aryl methyl sites for hydroxylation is 2. The van der Waals surface area contributed by atoms with E-state index in [-0.39, 0.29) is 5.91 Å². The topological polar surface area (TPSA) is 68.0 Å². The lowest BCUT2D eigenvalue weighted by Crippen LogP contribution is -2.13. The lowest BCUT2D eigenvalue weighted by Gasteiger charge is -2.06. The van der Waals surface area contributed by atoms with E-state index in [9.17, 15) is 4.79 Å². The molecule has 0 bridgehead atoms. The second-order valence-electron chi connectivity index (χ2n) is 5.78. The highest BCUT2D eigenvalue weighted by molar-refractivity contribution is 7.17. The number of nitrogens with zero attached hydrogens (tertiary/aromatic N) is 2. The molecule has 5 nitrogen and oxygen atoms in total. The Balaban J connectivity index is 1.71. The van der Waals surface area contributed by atoms with Crippen molar-refractivity contribution in [2.45, 2.75) is 45.4 Å². The van der Waals surface area contributed by atoms with Crippen LogP contribution in [0.5, 0.6) is 0 Å². The monoisotopic (exact) mass is 315 g/mol. The minimum absolute atomic E-state index is 0.00918. The Morgan fingerprint density at radius 1 is 1.32 bits per heavy atom. The van der Waals surface area contributed by atoms with Gasteiger partial charge < -0.3 is 9.84 Å². The molecule has 114 valence electrons. The van der Waals surface area contributed by atoms with Gasteiger partial charge in [-0.15, -0.1) is 11.3 Å². The van der Waals surface area contributed by atoms with Crippen LogP contribution in [0.1, 0.15) is 41.9 Å². The van der Waals surface area contributed by atoms with Gasteiger partial charge in [-0.2, -0.15) is 4.98 Å². The van der Waals surface area contributed by atoms with E-state index in [0.717, 1.165) is 54.7 Å². The van der Waals surface area contributed by atoms with Gasteiger partial charge in [-0.3, -0.25) is 4.79 Å². The molecule has 4 rings (SSSR count). The summed E-state index contributed by atoms with van der Waals surface area (Å²) < 4.78 is 5.36. The number of fused-ring (bicyclic) bond motifs is 1. The van der Waals surface area contributed by atoms with Crippen molar-refractivity contribution in [2.75, 3.05) is 5.32 Å². The zero-order chi connectivity index (χ0) is 15.1. The third-order valence-corrected chi connectivity index (χ3v) is 5.43. The molecule has 0 aliphatic heterocycles. The first-order chi connectivity index (χ1) is 10.7. The van der Waals surface area contributed by atoms with E-state index in [2.05, 4.69) is 15.5 Å². The van der Waals surface area contributed by atoms with Gasteiger partial charge in [-0.05, 0) is 51.0 Å². The van der Waals surface area contributed by atoms with E-state index < -0.39 is 0 Å². The summed E-state index contributed by atoms with van der Waals surface area (Å²) in [6, 6.07) is 0. The van der Waals surface area contributed by atoms with Crippen LogP contribution >= 0.6 is 11.3 Å². The van der Waals surface area contributed by atoms with Gasteiger partial charge in [-0.25, -0.2) is 0 Å². The highest BCUT2D eigenvalue weighted by Gasteiger charge is 2.28. The maximum Gasteiger partial charge on any atom is 0.261 e. The smallest absolute Gasteiger partial charge is 0.261 e. The number of nitrogens with one attached hydrogen (secondary N) is 1. The van der Waals surface area contributed by atoms with E-state index in [1.165, 1.54) is 10.4 Å². The summed E-state index contributed by atoms with van der Waals surface area (Å²) in [7, 11) is 0. The van der Waals surface area contributed by atoms with Crippen LogP contribution in [-0.4, -0.2) is 16.0 Å². The van der Waals surface area contributed by atoms with E-state index in [4.69, 9.17) is 4.52 Å². The minimum atomic E-state index is 0.00918. The Morgan fingerprint density at radius 3 is 2.95 bits per heavy atom. The highest BCUT2D eigenvalue weighted by Crippen LogP contribution is 2.44. The molecule has 2 aliphatic rings. The maximum absolute atomic E-state index is 12.4. The molecule has 6 heteroatoms. The molecule has 0 radical (unpaired) electrons. The normalized spacial score (nSPS) is 16.7. The van der Waals surface area contributed by atoms with Crippen LogP contribution in [0.4, 0.5) is 5.00 Å². The third-order valence-electron chi connectivity index (χ3n) is 4.22. The van der Waals surface area contributed by atoms with Crippen molar-refractivity contribution >= 4 is 22.2 Å². The Morgan fingerprint density at radius 2 is 2.23 bits per heavy atom. The summed E-state index contributed by atoms with van der Waals surface area (Å²) >= 11 is 1.65. The van der Waals surface area contributed by atoms with Gasteiger partial charge in [0.1, 0.15) is 5.00 Å². The first-order valence-corrected chi connectivity index (χ1v) is 8.49. The summed E-state index contributed by atoms with van der Waals surface area (Å²) in [6.07, 6.45) is 8.21. The van der Waals surface area contributed by atoms with Crippen LogP contribution in [0.2, 0.25) is 0 Å². The van der Waals surface area contributed by atoms with Crippen LogP contribution in [0.15, 0.2) is 16.2 Å². The Labute approximate surface area is 132 Å². The molecular formula is C16H17N3O2S. The van der Waals surface area contributed by atoms with Crippen LogP contribution in [0.25, 0.3) is 11.5 Å². The molecule has 0 fully saturated rings. The lowest BCUT2D eigenvalue weighted by molar-refractivity contribution is -0.112. The molecule has 0 atom stereocenters. The van der Waals surface area contributed by atoms with Gasteiger partial charge in [0.25, 0.3) is 11.8 Å². The van der Waals surface area contributed by atoms with Crippen molar-refractivity contribution in [2.24, 2.45) is 0 Å². The number of thiophene rings is 1. The quantitative estimate of drug-likeness (QED) is 0.939. The van der Waals surface area contributed by atoms with Crippen molar-refractivity contribution in [3.63, 3.8) is 0 Å². The van der Waals surface area contributed by atoms with E-state index in [1.54, 1.807) is 18.3 Å². The summed E-state index contributed by atoms with van der Waals surface area (Å²) in [5.74, 6) is 1.14. The van der Waals surface area contributed by atoms with Gasteiger partial charge in [0.15, 0.2) is 5.82 Å². The average Bonchev–Trinajstić information content (AvgIpc) is 3.21. The minimum Gasteiger partial charge on any atom is -0.334 e. The number of anilines is 1. The van der Waals surface area contributed by atoms with E-state index >= 15 is 0 Å². The molecule has 2 heterocycles. The largest absolute Gasteiger partial charge is 0.334 e. The van der Waals surface area contributed by atoms with Crippen LogP contribution in [0, 0.1) is 6.92 Å². The molecule has 1 N–H and O–H groups in total. The molecule has 1 amide bonds. The van der Waals surface area contributed by atoms with Gasteiger partial charge in [-0.1, -0.05) is 11.2 Å². The number of carbonyl (C=O) groups excluding carboxylic acids is 1. The fourth-order valence-electron chi connectivity index (χ4n) is 3.18. The first kappa shape index (κ1) is 13.7. The molecule has 0 unspecified atom stereocenters. The molecular weight excluding hydrogens is 298 g/mol. The van der Waals surface area contributed by atoms with E-state index in [1.807, 2.05) is 6.08 Å². The molecule has 0 spiro atoms. The number of allylic oxidation sites excluding steroid dienone is 1. The summed E-state index contributed by atoms with van der Waals surface area (Å²) in [4.78, 5) is 18.1. The second kappa shape index (κ2) is 5.35. The molecule has 0 aromatic carbocycles. The summed E-state index contributed by atoms with van der Waals surface area (Å²) in [5, 5.41) is 7.82. The Hall–Kier alpha value is -1.95. The summed E-state index contributed by atoms with van der Waals surface area (Å²) in [5.41, 5.74) is 3.09. The number of aromatic nitrogens is 2. The van der Waals surface area contributed by atoms with Crippen molar-refractivity contribution in [1.82, 2.24) is 10.1 Å². The van der Waals surface area contributed by atoms with Crippen molar-refractivity contribution < 1.29 is 9.32 Å². The van der Waals surface area contributed by atoms with Crippen molar-refractivity contribution in [1.29, 1.82) is 0 Å². The first-order valence-electron chi connectivity index (χ1n) is 7.68. The molecule has 0 saturated carbocycles. The molecule has 2 aromatic rings. The van der Waals surface area contributed by atoms with Gasteiger partial charge in [0, 0.05) is 10.5 Å². The highest BCUT2D eigenvalue weighted by atomic mass is 32.1. The fraction of sp³-hybridized carbons (Fsp3) is 0.438. The van der Waals surface area contributed by atoms with Gasteiger partial charge in [0.05, 0.1) is 5.56 Å². The number of amides is 1. The number of hydrogen-bond acceptors (Lipinski definition) is 5. The second-order valence-corrected chi connectivity index (χ2v) is 6.89. The molecule has 22 heavy (non-hydrogen) atoms. The summed E-state index contributed by atoms with van der Waals surface area (Å²) in [6.45, 7) is 1.81. The Kier molecular flexibility index (Phi) is 3.33. The zero-order valence-corrected chi connectivity index (χ0v) is 13.3. The predicted octanol–water partition coefficient (Wildman–Crippen LogP) is 3.64. The van der Waals surface area contributed by atoms with Crippen LogP contribution in [-0.2, 0) is 17.6 Å². The van der Waals surface area contributed by atoms with Gasteiger partial charge >= 0.3 is 0 Å². The fourth-order valence-corrected chi connectivity index (χ4v) is 4.45. The molecule has 0 saturated heterocycles. The number of carbonyl (C=O) groups is 1.